The van der Waals surface area contributed by atoms with Crippen LogP contribution in [0.15, 0.2) is 18.2 Å². The zero-order valence-electron chi connectivity index (χ0n) is 10.7. The van der Waals surface area contributed by atoms with Crippen LogP contribution in [0.5, 0.6) is 11.5 Å². The van der Waals surface area contributed by atoms with Gasteiger partial charge in [-0.25, -0.2) is 0 Å². The molecule has 0 fully saturated rings. The molecule has 0 aliphatic carbocycles. The number of methoxy groups -OCH3 is 1. The van der Waals surface area contributed by atoms with Gasteiger partial charge in [0.05, 0.1) is 13.7 Å². The molecule has 0 radical (unpaired) electrons. The molecule has 0 aliphatic heterocycles. The summed E-state index contributed by atoms with van der Waals surface area (Å²) in [6, 6.07) is 5.97. The van der Waals surface area contributed by atoms with Crippen LogP contribution in [0.1, 0.15) is 38.3 Å². The quantitative estimate of drug-likeness (QED) is 0.852. The third kappa shape index (κ3) is 4.44. The summed E-state index contributed by atoms with van der Waals surface area (Å²) in [6.07, 6.45) is 2.06. The molecule has 1 rings (SSSR count). The minimum atomic E-state index is 0. The van der Waals surface area contributed by atoms with Crippen LogP contribution in [0.3, 0.4) is 0 Å². The maximum atomic E-state index is 6.06. The van der Waals surface area contributed by atoms with Gasteiger partial charge in [-0.3, -0.25) is 0 Å². The van der Waals surface area contributed by atoms with E-state index in [0.29, 0.717) is 6.61 Å². The second kappa shape index (κ2) is 8.20. The van der Waals surface area contributed by atoms with E-state index in [2.05, 4.69) is 6.92 Å². The number of nitrogens with two attached hydrogens (primary N) is 1. The van der Waals surface area contributed by atoms with Crippen molar-refractivity contribution >= 4 is 12.4 Å². The topological polar surface area (TPSA) is 44.5 Å². The average Bonchev–Trinajstić information content (AvgIpc) is 2.30. The molecule has 1 aromatic carbocycles. The van der Waals surface area contributed by atoms with Gasteiger partial charge in [-0.15, -0.1) is 12.4 Å². The maximum absolute atomic E-state index is 6.06. The molecule has 98 valence electrons. The summed E-state index contributed by atoms with van der Waals surface area (Å²) in [5, 5.41) is 0. The van der Waals surface area contributed by atoms with Crippen molar-refractivity contribution in [2.75, 3.05) is 13.7 Å². The Morgan fingerprint density at radius 3 is 2.47 bits per heavy atom. The van der Waals surface area contributed by atoms with E-state index in [1.165, 1.54) is 0 Å². The predicted octanol–water partition coefficient (Wildman–Crippen LogP) is 3.32. The fourth-order valence-corrected chi connectivity index (χ4v) is 1.67. The third-order valence-corrected chi connectivity index (χ3v) is 2.52. The van der Waals surface area contributed by atoms with Gasteiger partial charge in [-0.05, 0) is 31.0 Å². The molecule has 4 heteroatoms. The van der Waals surface area contributed by atoms with Crippen LogP contribution in [-0.2, 0) is 0 Å². The summed E-state index contributed by atoms with van der Waals surface area (Å²) < 4.78 is 10.7. The predicted molar refractivity (Wildman–Crippen MR) is 73.2 cm³/mol. The first-order valence-electron chi connectivity index (χ1n) is 5.79. The lowest BCUT2D eigenvalue weighted by molar-refractivity contribution is 0.310. The van der Waals surface area contributed by atoms with Crippen LogP contribution in [0.2, 0.25) is 0 Å². The highest BCUT2D eigenvalue weighted by Crippen LogP contribution is 2.30. The van der Waals surface area contributed by atoms with E-state index in [-0.39, 0.29) is 18.4 Å². The Morgan fingerprint density at radius 2 is 1.94 bits per heavy atom. The second-order valence-corrected chi connectivity index (χ2v) is 3.74. The maximum Gasteiger partial charge on any atom is 0.161 e. The minimum Gasteiger partial charge on any atom is -0.493 e. The first-order valence-corrected chi connectivity index (χ1v) is 5.79. The molecule has 0 amide bonds. The molecule has 2 N–H and O–H groups in total. The van der Waals surface area contributed by atoms with Crippen LogP contribution < -0.4 is 15.2 Å². The second-order valence-electron chi connectivity index (χ2n) is 3.74. The smallest absolute Gasteiger partial charge is 0.161 e. The van der Waals surface area contributed by atoms with E-state index in [0.717, 1.165) is 29.9 Å². The summed E-state index contributed by atoms with van der Waals surface area (Å²) >= 11 is 0. The minimum absolute atomic E-state index is 0. The lowest BCUT2D eigenvalue weighted by Crippen LogP contribution is -2.10. The van der Waals surface area contributed by atoms with Gasteiger partial charge in [0.2, 0.25) is 0 Å². The van der Waals surface area contributed by atoms with E-state index in [1.54, 1.807) is 7.11 Å². The Kier molecular flexibility index (Phi) is 7.75. The largest absolute Gasteiger partial charge is 0.493 e. The molecular formula is C13H22ClNO2. The van der Waals surface area contributed by atoms with E-state index in [1.807, 2.05) is 25.1 Å². The van der Waals surface area contributed by atoms with Crippen LogP contribution >= 0.6 is 12.4 Å². The van der Waals surface area contributed by atoms with Gasteiger partial charge in [0, 0.05) is 6.04 Å². The van der Waals surface area contributed by atoms with Gasteiger partial charge in [-0.2, -0.15) is 0 Å². The van der Waals surface area contributed by atoms with Crippen molar-refractivity contribution in [2.24, 2.45) is 5.73 Å². The molecule has 0 spiro atoms. The SMILES string of the molecule is CCC[C@H](N)c1ccc(OCC)c(OC)c1.Cl. The molecule has 0 heterocycles. The summed E-state index contributed by atoms with van der Waals surface area (Å²) in [5.41, 5.74) is 7.16. The molecule has 0 bridgehead atoms. The fraction of sp³-hybridized carbons (Fsp3) is 0.538. The molecule has 0 saturated heterocycles. The van der Waals surface area contributed by atoms with Crippen LogP contribution in [0, 0.1) is 0 Å². The summed E-state index contributed by atoms with van der Waals surface area (Å²) in [5.74, 6) is 1.53. The number of rotatable bonds is 6. The molecule has 0 aliphatic rings. The van der Waals surface area contributed by atoms with E-state index < -0.39 is 0 Å². The van der Waals surface area contributed by atoms with E-state index in [9.17, 15) is 0 Å². The van der Waals surface area contributed by atoms with E-state index in [4.69, 9.17) is 15.2 Å². The van der Waals surface area contributed by atoms with Crippen LogP contribution in [0.4, 0.5) is 0 Å². The number of benzene rings is 1. The van der Waals surface area contributed by atoms with Gasteiger partial charge in [0.15, 0.2) is 11.5 Å². The molecule has 0 saturated carbocycles. The molecule has 3 nitrogen and oxygen atoms in total. The van der Waals surface area contributed by atoms with Crippen molar-refractivity contribution in [1.82, 2.24) is 0 Å². The standard InChI is InChI=1S/C13H21NO2.ClH/c1-4-6-11(14)10-7-8-12(16-5-2)13(9-10)15-3;/h7-9,11H,4-6,14H2,1-3H3;1H/t11-;/m0./s1. The highest BCUT2D eigenvalue weighted by molar-refractivity contribution is 5.85. The van der Waals surface area contributed by atoms with Crippen molar-refractivity contribution in [3.8, 4) is 11.5 Å². The number of halogens is 1. The number of hydrogen-bond acceptors (Lipinski definition) is 3. The monoisotopic (exact) mass is 259 g/mol. The van der Waals surface area contributed by atoms with Crippen molar-refractivity contribution in [3.05, 3.63) is 23.8 Å². The van der Waals surface area contributed by atoms with Crippen molar-refractivity contribution < 1.29 is 9.47 Å². The van der Waals surface area contributed by atoms with Crippen molar-refractivity contribution in [3.63, 3.8) is 0 Å². The Balaban J connectivity index is 0.00000256. The van der Waals surface area contributed by atoms with Gasteiger partial charge >= 0.3 is 0 Å². The number of hydrogen-bond donors (Lipinski definition) is 1. The van der Waals surface area contributed by atoms with Crippen molar-refractivity contribution in [2.45, 2.75) is 32.7 Å². The van der Waals surface area contributed by atoms with E-state index >= 15 is 0 Å². The summed E-state index contributed by atoms with van der Waals surface area (Å²) in [6.45, 7) is 4.72. The van der Waals surface area contributed by atoms with Gasteiger partial charge in [0.1, 0.15) is 0 Å². The summed E-state index contributed by atoms with van der Waals surface area (Å²) in [4.78, 5) is 0. The van der Waals surface area contributed by atoms with Crippen LogP contribution in [-0.4, -0.2) is 13.7 Å². The van der Waals surface area contributed by atoms with Gasteiger partial charge in [0.25, 0.3) is 0 Å². The van der Waals surface area contributed by atoms with Crippen molar-refractivity contribution in [1.29, 1.82) is 0 Å². The van der Waals surface area contributed by atoms with Gasteiger partial charge in [-0.1, -0.05) is 19.4 Å². The highest BCUT2D eigenvalue weighted by atomic mass is 35.5. The normalized spacial score (nSPS) is 11.5. The number of ether oxygens (including phenoxy) is 2. The zero-order chi connectivity index (χ0) is 12.0. The molecule has 0 unspecified atom stereocenters. The summed E-state index contributed by atoms with van der Waals surface area (Å²) in [7, 11) is 1.65. The Morgan fingerprint density at radius 1 is 1.24 bits per heavy atom. The zero-order valence-corrected chi connectivity index (χ0v) is 11.5. The Hall–Kier alpha value is -0.930. The molecule has 1 atom stereocenters. The average molecular weight is 260 g/mol. The Labute approximate surface area is 110 Å². The lowest BCUT2D eigenvalue weighted by atomic mass is 10.0. The highest BCUT2D eigenvalue weighted by Gasteiger charge is 2.09. The first-order chi connectivity index (χ1) is 7.72. The molecule has 17 heavy (non-hydrogen) atoms. The third-order valence-electron chi connectivity index (χ3n) is 2.52. The molecular weight excluding hydrogens is 238 g/mol. The molecule has 0 aromatic heterocycles. The molecule has 1 aromatic rings. The van der Waals surface area contributed by atoms with Crippen LogP contribution in [0.25, 0.3) is 0 Å². The van der Waals surface area contributed by atoms with Gasteiger partial charge < -0.3 is 15.2 Å². The fourth-order valence-electron chi connectivity index (χ4n) is 1.67. The first kappa shape index (κ1) is 16.1. The Bertz CT molecular complexity index is 331. The lowest BCUT2D eigenvalue weighted by Gasteiger charge is -2.14.